The largest absolute Gasteiger partial charge is 0.395 e. The van der Waals surface area contributed by atoms with Crippen LogP contribution in [0.5, 0.6) is 0 Å². The highest BCUT2D eigenvalue weighted by atomic mass is 16.3. The lowest BCUT2D eigenvalue weighted by molar-refractivity contribution is 0.0469. The predicted octanol–water partition coefficient (Wildman–Crippen LogP) is -1.35. The standard InChI is InChI=1S/C7H17NO3/c1-6(4-9)8(2)3-7(11)5-10/h6-7,9-11H,3-5H2,1-2H3. The van der Waals surface area contributed by atoms with Crippen LogP contribution in [0, 0.1) is 0 Å². The van der Waals surface area contributed by atoms with Crippen molar-refractivity contribution in [3.8, 4) is 0 Å². The fourth-order valence-electron chi connectivity index (χ4n) is 0.709. The second-order valence-electron chi connectivity index (χ2n) is 2.81. The number of hydrogen-bond donors (Lipinski definition) is 3. The first-order chi connectivity index (χ1) is 5.11. The number of aliphatic hydroxyl groups is 3. The van der Waals surface area contributed by atoms with Crippen molar-refractivity contribution in [2.45, 2.75) is 19.1 Å². The highest BCUT2D eigenvalue weighted by molar-refractivity contribution is 4.65. The van der Waals surface area contributed by atoms with Crippen molar-refractivity contribution in [3.63, 3.8) is 0 Å². The Bertz CT molecular complexity index is 99.7. The fourth-order valence-corrected chi connectivity index (χ4v) is 0.709. The molecule has 11 heavy (non-hydrogen) atoms. The van der Waals surface area contributed by atoms with E-state index in [4.69, 9.17) is 15.3 Å². The molecule has 0 spiro atoms. The van der Waals surface area contributed by atoms with Gasteiger partial charge in [-0.2, -0.15) is 0 Å². The van der Waals surface area contributed by atoms with Gasteiger partial charge in [0.1, 0.15) is 0 Å². The van der Waals surface area contributed by atoms with Crippen LogP contribution in [0.3, 0.4) is 0 Å². The van der Waals surface area contributed by atoms with Crippen LogP contribution in [0.2, 0.25) is 0 Å². The topological polar surface area (TPSA) is 63.9 Å². The Kier molecular flexibility index (Phi) is 5.41. The second-order valence-corrected chi connectivity index (χ2v) is 2.81. The molecule has 0 heterocycles. The quantitative estimate of drug-likeness (QED) is 0.469. The number of rotatable bonds is 5. The second kappa shape index (κ2) is 5.49. The van der Waals surface area contributed by atoms with E-state index in [0.29, 0.717) is 6.54 Å². The van der Waals surface area contributed by atoms with Crippen LogP contribution in [-0.4, -0.2) is 59.2 Å². The Morgan fingerprint density at radius 1 is 1.27 bits per heavy atom. The summed E-state index contributed by atoms with van der Waals surface area (Å²) in [5.41, 5.74) is 0. The molecule has 0 amide bonds. The van der Waals surface area contributed by atoms with Crippen LogP contribution >= 0.6 is 0 Å². The molecular weight excluding hydrogens is 146 g/mol. The molecule has 0 rings (SSSR count). The van der Waals surface area contributed by atoms with Crippen molar-refractivity contribution >= 4 is 0 Å². The maximum atomic E-state index is 9.00. The Balaban J connectivity index is 3.58. The molecule has 0 aliphatic rings. The van der Waals surface area contributed by atoms with E-state index in [1.165, 1.54) is 0 Å². The first kappa shape index (κ1) is 10.8. The lowest BCUT2D eigenvalue weighted by Gasteiger charge is -2.24. The molecule has 0 aliphatic carbocycles. The number of nitrogens with zero attached hydrogens (tertiary/aromatic N) is 1. The molecule has 2 unspecified atom stereocenters. The van der Waals surface area contributed by atoms with Gasteiger partial charge < -0.3 is 15.3 Å². The van der Waals surface area contributed by atoms with E-state index in [1.807, 2.05) is 6.92 Å². The third-order valence-electron chi connectivity index (χ3n) is 1.73. The number of likely N-dealkylation sites (N-methyl/N-ethyl adjacent to an activating group) is 1. The van der Waals surface area contributed by atoms with Gasteiger partial charge in [-0.15, -0.1) is 0 Å². The first-order valence-corrected chi connectivity index (χ1v) is 3.71. The molecule has 0 aliphatic heterocycles. The van der Waals surface area contributed by atoms with Gasteiger partial charge in [0.05, 0.1) is 19.3 Å². The van der Waals surface area contributed by atoms with E-state index in [1.54, 1.807) is 11.9 Å². The minimum Gasteiger partial charge on any atom is -0.395 e. The molecular formula is C7H17NO3. The van der Waals surface area contributed by atoms with Gasteiger partial charge in [-0.1, -0.05) is 0 Å². The Hall–Kier alpha value is -0.160. The van der Waals surface area contributed by atoms with Crippen LogP contribution < -0.4 is 0 Å². The Labute approximate surface area is 67.1 Å². The monoisotopic (exact) mass is 163 g/mol. The zero-order chi connectivity index (χ0) is 8.85. The maximum Gasteiger partial charge on any atom is 0.0897 e. The van der Waals surface area contributed by atoms with Gasteiger partial charge in [0.15, 0.2) is 0 Å². The summed E-state index contributed by atoms with van der Waals surface area (Å²) in [5, 5.41) is 26.2. The molecule has 0 aromatic rings. The van der Waals surface area contributed by atoms with Gasteiger partial charge in [0, 0.05) is 12.6 Å². The minimum absolute atomic E-state index is 0.0243. The molecule has 3 N–H and O–H groups in total. The molecule has 0 radical (unpaired) electrons. The van der Waals surface area contributed by atoms with E-state index in [2.05, 4.69) is 0 Å². The van der Waals surface area contributed by atoms with Gasteiger partial charge >= 0.3 is 0 Å². The molecule has 0 aromatic heterocycles. The molecule has 0 saturated carbocycles. The summed E-state index contributed by atoms with van der Waals surface area (Å²) >= 11 is 0. The van der Waals surface area contributed by atoms with Gasteiger partial charge in [-0.05, 0) is 14.0 Å². The van der Waals surface area contributed by atoms with E-state index in [9.17, 15) is 0 Å². The average molecular weight is 163 g/mol. The molecule has 2 atom stereocenters. The van der Waals surface area contributed by atoms with Gasteiger partial charge in [-0.3, -0.25) is 4.90 Å². The molecule has 68 valence electrons. The van der Waals surface area contributed by atoms with E-state index in [-0.39, 0.29) is 19.3 Å². The summed E-state index contributed by atoms with van der Waals surface area (Å²) in [5.74, 6) is 0. The SMILES string of the molecule is CC(CO)N(C)CC(O)CO. The van der Waals surface area contributed by atoms with Crippen molar-refractivity contribution in [2.24, 2.45) is 0 Å². The summed E-state index contributed by atoms with van der Waals surface area (Å²) in [6, 6.07) is 0.0243. The average Bonchev–Trinajstić information content (AvgIpc) is 2.02. The van der Waals surface area contributed by atoms with E-state index >= 15 is 0 Å². The van der Waals surface area contributed by atoms with E-state index in [0.717, 1.165) is 0 Å². The van der Waals surface area contributed by atoms with Gasteiger partial charge in [0.25, 0.3) is 0 Å². The third kappa shape index (κ3) is 4.31. The summed E-state index contributed by atoms with van der Waals surface area (Å²) < 4.78 is 0. The lowest BCUT2D eigenvalue weighted by Crippen LogP contribution is -2.39. The smallest absolute Gasteiger partial charge is 0.0897 e. The third-order valence-corrected chi connectivity index (χ3v) is 1.73. The molecule has 0 aromatic carbocycles. The van der Waals surface area contributed by atoms with Crippen molar-refractivity contribution in [3.05, 3.63) is 0 Å². The van der Waals surface area contributed by atoms with Crippen LogP contribution in [0.4, 0.5) is 0 Å². The maximum absolute atomic E-state index is 9.00. The van der Waals surface area contributed by atoms with Crippen LogP contribution in [0.25, 0.3) is 0 Å². The van der Waals surface area contributed by atoms with Crippen LogP contribution in [0.15, 0.2) is 0 Å². The van der Waals surface area contributed by atoms with Crippen LogP contribution in [0.1, 0.15) is 6.92 Å². The minimum atomic E-state index is -0.714. The summed E-state index contributed by atoms with van der Waals surface area (Å²) in [4.78, 5) is 1.79. The normalized spacial score (nSPS) is 16.9. The van der Waals surface area contributed by atoms with E-state index < -0.39 is 6.10 Å². The Morgan fingerprint density at radius 2 is 1.82 bits per heavy atom. The molecule has 0 saturated heterocycles. The lowest BCUT2D eigenvalue weighted by atomic mass is 10.3. The summed E-state index contributed by atoms with van der Waals surface area (Å²) in [6.45, 7) is 2.07. The van der Waals surface area contributed by atoms with Crippen molar-refractivity contribution < 1.29 is 15.3 Å². The van der Waals surface area contributed by atoms with Crippen molar-refractivity contribution in [1.82, 2.24) is 4.90 Å². The zero-order valence-electron chi connectivity index (χ0n) is 7.06. The highest BCUT2D eigenvalue weighted by Gasteiger charge is 2.11. The predicted molar refractivity (Wildman–Crippen MR) is 42.3 cm³/mol. The fraction of sp³-hybridized carbons (Fsp3) is 1.00. The number of hydrogen-bond acceptors (Lipinski definition) is 4. The van der Waals surface area contributed by atoms with Crippen LogP contribution in [-0.2, 0) is 0 Å². The molecule has 4 nitrogen and oxygen atoms in total. The van der Waals surface area contributed by atoms with Gasteiger partial charge in [-0.25, -0.2) is 0 Å². The zero-order valence-corrected chi connectivity index (χ0v) is 7.06. The molecule has 0 bridgehead atoms. The Morgan fingerprint density at radius 3 is 2.18 bits per heavy atom. The van der Waals surface area contributed by atoms with Crippen molar-refractivity contribution in [2.75, 3.05) is 26.8 Å². The van der Waals surface area contributed by atoms with Gasteiger partial charge in [0.2, 0.25) is 0 Å². The highest BCUT2D eigenvalue weighted by Crippen LogP contribution is 1.95. The molecule has 4 heteroatoms. The molecule has 0 fully saturated rings. The first-order valence-electron chi connectivity index (χ1n) is 3.71. The van der Waals surface area contributed by atoms with Crippen molar-refractivity contribution in [1.29, 1.82) is 0 Å². The summed E-state index contributed by atoms with van der Waals surface area (Å²) in [6.07, 6.45) is -0.714. The number of aliphatic hydroxyl groups excluding tert-OH is 3. The summed E-state index contributed by atoms with van der Waals surface area (Å²) in [7, 11) is 1.79.